The minimum Gasteiger partial charge on any atom is -0.391 e. The Morgan fingerprint density at radius 1 is 1.12 bits per heavy atom. The molecule has 0 spiro atoms. The third-order valence-electron chi connectivity index (χ3n) is 3.45. The van der Waals surface area contributed by atoms with Crippen molar-refractivity contribution in [2.45, 2.75) is 39.5 Å². The van der Waals surface area contributed by atoms with E-state index in [1.54, 1.807) is 32.9 Å². The number of aliphatic hydroxyl groups excluding tert-OH is 1. The molecule has 9 heteroatoms. The molecule has 0 saturated heterocycles. The van der Waals surface area contributed by atoms with Gasteiger partial charge >= 0.3 is 0 Å². The van der Waals surface area contributed by atoms with Crippen LogP contribution in [0, 0.1) is 0 Å². The van der Waals surface area contributed by atoms with Crippen LogP contribution in [0.15, 0.2) is 18.2 Å². The normalized spacial score (nSPS) is 15.2. The molecule has 0 bridgehead atoms. The molecule has 0 radical (unpaired) electrons. The predicted molar refractivity (Wildman–Crippen MR) is 105 cm³/mol. The molecule has 0 aliphatic rings. The zero-order valence-corrected chi connectivity index (χ0v) is 17.8. The molecule has 0 aliphatic heterocycles. The van der Waals surface area contributed by atoms with Crippen molar-refractivity contribution in [2.24, 2.45) is 0 Å². The SMILES string of the molecule is CCOC(OCC)P(=O)(C[C@H](O)CNCc1ccc(Cl)c(Cl)c1)OCC. The van der Waals surface area contributed by atoms with E-state index in [4.69, 9.17) is 37.2 Å². The average molecular weight is 428 g/mol. The first kappa shape index (κ1) is 23.9. The van der Waals surface area contributed by atoms with Crippen molar-refractivity contribution >= 4 is 30.6 Å². The van der Waals surface area contributed by atoms with Crippen LogP contribution in [0.1, 0.15) is 26.3 Å². The lowest BCUT2D eigenvalue weighted by Crippen LogP contribution is -2.32. The van der Waals surface area contributed by atoms with Crippen molar-refractivity contribution in [3.05, 3.63) is 33.8 Å². The monoisotopic (exact) mass is 427 g/mol. The molecule has 6 nitrogen and oxygen atoms in total. The number of hydrogen-bond donors (Lipinski definition) is 2. The second-order valence-electron chi connectivity index (χ2n) is 5.58. The maximum absolute atomic E-state index is 13.1. The van der Waals surface area contributed by atoms with Gasteiger partial charge in [-0.05, 0) is 38.5 Å². The predicted octanol–water partition coefficient (Wildman–Crippen LogP) is 4.12. The fourth-order valence-electron chi connectivity index (χ4n) is 2.37. The highest BCUT2D eigenvalue weighted by Gasteiger charge is 2.37. The van der Waals surface area contributed by atoms with Gasteiger partial charge in [-0.2, -0.15) is 0 Å². The Kier molecular flexibility index (Phi) is 11.3. The summed E-state index contributed by atoms with van der Waals surface area (Å²) in [6.07, 6.45) is -0.932. The Morgan fingerprint density at radius 3 is 2.31 bits per heavy atom. The van der Waals surface area contributed by atoms with Crippen LogP contribution in [0.2, 0.25) is 10.0 Å². The van der Waals surface area contributed by atoms with E-state index in [1.807, 2.05) is 6.07 Å². The van der Waals surface area contributed by atoms with Gasteiger partial charge in [0.15, 0.2) is 0 Å². The summed E-state index contributed by atoms with van der Waals surface area (Å²) in [6.45, 7) is 6.99. The molecule has 1 aromatic rings. The number of rotatable bonds is 13. The van der Waals surface area contributed by atoms with E-state index in [0.29, 0.717) is 29.8 Å². The second-order valence-corrected chi connectivity index (χ2v) is 8.89. The molecule has 1 aromatic carbocycles. The highest BCUT2D eigenvalue weighted by Crippen LogP contribution is 2.53. The number of ether oxygens (including phenoxy) is 2. The summed E-state index contributed by atoms with van der Waals surface area (Å²) in [7, 11) is -3.32. The van der Waals surface area contributed by atoms with Gasteiger partial charge in [0, 0.05) is 26.3 Å². The van der Waals surface area contributed by atoms with Crippen LogP contribution in [0.3, 0.4) is 0 Å². The molecular weight excluding hydrogens is 400 g/mol. The molecule has 0 saturated carbocycles. The average Bonchev–Trinajstić information content (AvgIpc) is 2.58. The Morgan fingerprint density at radius 2 is 1.77 bits per heavy atom. The molecule has 2 N–H and O–H groups in total. The minimum absolute atomic E-state index is 0.0557. The summed E-state index contributed by atoms with van der Waals surface area (Å²) in [5.74, 6) is 0. The van der Waals surface area contributed by atoms with Crippen molar-refractivity contribution in [3.63, 3.8) is 0 Å². The van der Waals surface area contributed by atoms with E-state index in [1.165, 1.54) is 0 Å². The van der Waals surface area contributed by atoms with Gasteiger partial charge in [-0.1, -0.05) is 29.3 Å². The highest BCUT2D eigenvalue weighted by atomic mass is 35.5. The quantitative estimate of drug-likeness (QED) is 0.364. The van der Waals surface area contributed by atoms with Gasteiger partial charge in [-0.3, -0.25) is 4.57 Å². The van der Waals surface area contributed by atoms with E-state index < -0.39 is 19.5 Å². The summed E-state index contributed by atoms with van der Waals surface area (Å²) in [4.78, 5) is 0. The first-order chi connectivity index (χ1) is 12.4. The van der Waals surface area contributed by atoms with Crippen LogP contribution in [0.5, 0.6) is 0 Å². The number of nitrogens with one attached hydrogen (secondary N) is 1. The number of benzene rings is 1. The molecule has 0 amide bonds. The molecular formula is C17H28Cl2NO5P. The van der Waals surface area contributed by atoms with Gasteiger partial charge in [-0.25, -0.2) is 0 Å². The largest absolute Gasteiger partial charge is 0.391 e. The Hall–Kier alpha value is -0.170. The van der Waals surface area contributed by atoms with Crippen molar-refractivity contribution < 1.29 is 23.7 Å². The van der Waals surface area contributed by atoms with E-state index in [2.05, 4.69) is 5.32 Å². The molecule has 0 fully saturated rings. The summed E-state index contributed by atoms with van der Waals surface area (Å²) in [6, 6.07) is 4.35. The van der Waals surface area contributed by atoms with Crippen molar-refractivity contribution in [1.29, 1.82) is 0 Å². The number of halogens is 2. The van der Waals surface area contributed by atoms with Crippen molar-refractivity contribution in [2.75, 3.05) is 32.5 Å². The maximum atomic E-state index is 13.1. The lowest BCUT2D eigenvalue weighted by Gasteiger charge is -2.28. The molecule has 1 rings (SSSR count). The maximum Gasteiger partial charge on any atom is 0.260 e. The second kappa shape index (κ2) is 12.3. The lowest BCUT2D eigenvalue weighted by molar-refractivity contribution is -0.0894. The van der Waals surface area contributed by atoms with Crippen LogP contribution in [-0.4, -0.2) is 49.8 Å². The summed E-state index contributed by atoms with van der Waals surface area (Å²) in [5, 5.41) is 14.4. The third-order valence-corrected chi connectivity index (χ3v) is 6.75. The summed E-state index contributed by atoms with van der Waals surface area (Å²) in [5.41, 5.74) is 0.932. The lowest BCUT2D eigenvalue weighted by atomic mass is 10.2. The van der Waals surface area contributed by atoms with Crippen molar-refractivity contribution in [3.8, 4) is 0 Å². The smallest absolute Gasteiger partial charge is 0.260 e. The topological polar surface area (TPSA) is 77.0 Å². The van der Waals surface area contributed by atoms with E-state index in [9.17, 15) is 9.67 Å². The molecule has 26 heavy (non-hydrogen) atoms. The minimum atomic E-state index is -3.32. The van der Waals surface area contributed by atoms with E-state index >= 15 is 0 Å². The number of hydrogen-bond acceptors (Lipinski definition) is 6. The highest BCUT2D eigenvalue weighted by molar-refractivity contribution is 7.59. The van der Waals surface area contributed by atoms with Crippen LogP contribution < -0.4 is 5.32 Å². The zero-order valence-electron chi connectivity index (χ0n) is 15.4. The van der Waals surface area contributed by atoms with Gasteiger partial charge in [0.25, 0.3) is 7.37 Å². The first-order valence-corrected chi connectivity index (χ1v) is 11.3. The fraction of sp³-hybridized carbons (Fsp3) is 0.647. The molecule has 0 aliphatic carbocycles. The van der Waals surface area contributed by atoms with Crippen LogP contribution in [0.25, 0.3) is 0 Å². The Balaban J connectivity index is 2.61. The van der Waals surface area contributed by atoms with Gasteiger partial charge in [0.05, 0.1) is 28.9 Å². The third kappa shape index (κ3) is 7.83. The molecule has 0 aromatic heterocycles. The first-order valence-electron chi connectivity index (χ1n) is 8.65. The summed E-state index contributed by atoms with van der Waals surface area (Å²) < 4.78 is 29.4. The number of aliphatic hydroxyl groups is 1. The Bertz CT molecular complexity index is 584. The molecule has 150 valence electrons. The Labute approximate surface area is 165 Å². The van der Waals surface area contributed by atoms with E-state index in [0.717, 1.165) is 5.56 Å². The molecule has 2 atom stereocenters. The van der Waals surface area contributed by atoms with Gasteiger partial charge in [-0.15, -0.1) is 0 Å². The molecule has 0 heterocycles. The zero-order chi connectivity index (χ0) is 19.6. The molecule has 1 unspecified atom stereocenters. The van der Waals surface area contributed by atoms with Gasteiger partial charge < -0.3 is 24.4 Å². The summed E-state index contributed by atoms with van der Waals surface area (Å²) >= 11 is 11.9. The van der Waals surface area contributed by atoms with Gasteiger partial charge in [0.1, 0.15) is 0 Å². The fourth-order valence-corrected chi connectivity index (χ4v) is 5.00. The van der Waals surface area contributed by atoms with Crippen LogP contribution in [-0.2, 0) is 25.1 Å². The van der Waals surface area contributed by atoms with Crippen molar-refractivity contribution in [1.82, 2.24) is 5.32 Å². The van der Waals surface area contributed by atoms with Crippen LogP contribution >= 0.6 is 30.6 Å². The van der Waals surface area contributed by atoms with E-state index in [-0.39, 0.29) is 19.3 Å². The van der Waals surface area contributed by atoms with Gasteiger partial charge in [0.2, 0.25) is 6.03 Å². The van der Waals surface area contributed by atoms with Crippen LogP contribution in [0.4, 0.5) is 0 Å². The standard InChI is InChI=1S/C17H28Cl2NO5P/c1-4-23-17(24-5-2)26(22,25-6-3)12-14(21)11-20-10-13-7-8-15(18)16(19)9-13/h7-9,14,17,20-21H,4-6,10-12H2,1-3H3/t14-,26?/m1/s1.